The first-order chi connectivity index (χ1) is 3.45. The maximum Gasteiger partial charge on any atom is 0.00844 e. The first kappa shape index (κ1) is 3.90. The van der Waals surface area contributed by atoms with E-state index in [0.717, 1.165) is 12.1 Å². The predicted octanol–water partition coefficient (Wildman–Crippen LogP) is 0.901. The van der Waals surface area contributed by atoms with E-state index in [4.69, 9.17) is 0 Å². The Kier molecular flexibility index (Phi) is 0.680. The third-order valence-electron chi connectivity index (χ3n) is 2.15. The minimum Gasteiger partial charge on any atom is -0.311 e. The number of rotatable bonds is 0. The zero-order valence-electron chi connectivity index (χ0n) is 4.48. The van der Waals surface area contributed by atoms with Gasteiger partial charge < -0.3 is 5.32 Å². The van der Waals surface area contributed by atoms with Gasteiger partial charge in [-0.15, -0.1) is 0 Å². The Morgan fingerprint density at radius 2 is 1.71 bits per heavy atom. The molecule has 0 radical (unpaired) electrons. The fourth-order valence-electron chi connectivity index (χ4n) is 1.67. The quantitative estimate of drug-likeness (QED) is 0.473. The molecular formula is C6H11N. The molecule has 2 bridgehead atoms. The van der Waals surface area contributed by atoms with Crippen molar-refractivity contribution in [2.45, 2.75) is 37.8 Å². The minimum absolute atomic E-state index is 0.929. The lowest BCUT2D eigenvalue weighted by atomic mass is 9.83. The maximum atomic E-state index is 3.48. The number of piperidine rings is 1. The molecule has 0 aromatic rings. The maximum absolute atomic E-state index is 3.48. The van der Waals surface area contributed by atoms with Gasteiger partial charge in [-0.1, -0.05) is 6.42 Å². The molecule has 3 aliphatic rings. The van der Waals surface area contributed by atoms with Crippen molar-refractivity contribution in [3.05, 3.63) is 0 Å². The van der Waals surface area contributed by atoms with Gasteiger partial charge in [-0.2, -0.15) is 0 Å². The second-order valence-corrected chi connectivity index (χ2v) is 2.73. The zero-order chi connectivity index (χ0) is 4.69. The van der Waals surface area contributed by atoms with Gasteiger partial charge in [0, 0.05) is 12.1 Å². The van der Waals surface area contributed by atoms with E-state index in [1.54, 1.807) is 0 Å². The van der Waals surface area contributed by atoms with Gasteiger partial charge in [-0.05, 0) is 19.3 Å². The van der Waals surface area contributed by atoms with Crippen molar-refractivity contribution in [3.63, 3.8) is 0 Å². The molecule has 1 saturated carbocycles. The third-order valence-corrected chi connectivity index (χ3v) is 2.15. The van der Waals surface area contributed by atoms with Gasteiger partial charge in [0.25, 0.3) is 0 Å². The van der Waals surface area contributed by atoms with Gasteiger partial charge in [0.2, 0.25) is 0 Å². The fraction of sp³-hybridized carbons (Fsp3) is 1.00. The van der Waals surface area contributed by atoms with Crippen LogP contribution in [-0.2, 0) is 0 Å². The van der Waals surface area contributed by atoms with Gasteiger partial charge in [0.05, 0.1) is 0 Å². The monoisotopic (exact) mass is 97.1 g/mol. The molecule has 1 nitrogen and oxygen atoms in total. The topological polar surface area (TPSA) is 12.0 Å². The smallest absolute Gasteiger partial charge is 0.00844 e. The summed E-state index contributed by atoms with van der Waals surface area (Å²) in [6.45, 7) is 0. The van der Waals surface area contributed by atoms with E-state index in [1.807, 2.05) is 0 Å². The molecule has 40 valence electrons. The average Bonchev–Trinajstić information content (AvgIpc) is 1.67. The largest absolute Gasteiger partial charge is 0.311 e. The van der Waals surface area contributed by atoms with Crippen LogP contribution in [-0.4, -0.2) is 12.1 Å². The second kappa shape index (κ2) is 1.22. The van der Waals surface area contributed by atoms with E-state index in [9.17, 15) is 0 Å². The van der Waals surface area contributed by atoms with Crippen molar-refractivity contribution in [1.82, 2.24) is 5.32 Å². The van der Waals surface area contributed by atoms with E-state index < -0.39 is 0 Å². The molecule has 0 spiro atoms. The van der Waals surface area contributed by atoms with Crippen LogP contribution >= 0.6 is 0 Å². The van der Waals surface area contributed by atoms with E-state index >= 15 is 0 Å². The lowest BCUT2D eigenvalue weighted by Crippen LogP contribution is -2.55. The van der Waals surface area contributed by atoms with Crippen LogP contribution < -0.4 is 5.32 Å². The zero-order valence-corrected chi connectivity index (χ0v) is 4.48. The molecule has 1 unspecified atom stereocenters. The van der Waals surface area contributed by atoms with Crippen LogP contribution in [0.1, 0.15) is 25.7 Å². The Morgan fingerprint density at radius 1 is 1.14 bits per heavy atom. The molecule has 7 heavy (non-hydrogen) atoms. The average molecular weight is 97.2 g/mol. The molecule has 1 aliphatic carbocycles. The van der Waals surface area contributed by atoms with Crippen molar-refractivity contribution in [2.24, 2.45) is 0 Å². The number of hydrogen-bond acceptors (Lipinski definition) is 1. The normalized spacial score (nSPS) is 48.0. The Balaban J connectivity index is 1.99. The van der Waals surface area contributed by atoms with E-state index in [2.05, 4.69) is 5.32 Å². The second-order valence-electron chi connectivity index (χ2n) is 2.73. The molecule has 2 heterocycles. The van der Waals surface area contributed by atoms with Crippen LogP contribution in [0.2, 0.25) is 0 Å². The van der Waals surface area contributed by atoms with Crippen molar-refractivity contribution in [1.29, 1.82) is 0 Å². The van der Waals surface area contributed by atoms with Crippen LogP contribution in [0, 0.1) is 0 Å². The predicted molar refractivity (Wildman–Crippen MR) is 29.2 cm³/mol. The Bertz CT molecular complexity index is 60.7. The summed E-state index contributed by atoms with van der Waals surface area (Å²) in [5.74, 6) is 0. The van der Waals surface area contributed by atoms with Gasteiger partial charge in [0.15, 0.2) is 0 Å². The summed E-state index contributed by atoms with van der Waals surface area (Å²) in [5.41, 5.74) is 0. The molecule has 2 atom stereocenters. The number of nitrogens with one attached hydrogen (secondary N) is 1. The number of hydrogen-bond donors (Lipinski definition) is 1. The highest BCUT2D eigenvalue weighted by Gasteiger charge is 2.31. The first-order valence-electron chi connectivity index (χ1n) is 3.21. The lowest BCUT2D eigenvalue weighted by molar-refractivity contribution is 0.182. The molecule has 2 aliphatic heterocycles. The van der Waals surface area contributed by atoms with Crippen molar-refractivity contribution >= 4 is 0 Å². The third kappa shape index (κ3) is 0.480. The summed E-state index contributed by atoms with van der Waals surface area (Å²) < 4.78 is 0. The lowest BCUT2D eigenvalue weighted by Gasteiger charge is -2.42. The summed E-state index contributed by atoms with van der Waals surface area (Å²) >= 11 is 0. The van der Waals surface area contributed by atoms with E-state index in [-0.39, 0.29) is 0 Å². The Labute approximate surface area is 44.1 Å². The van der Waals surface area contributed by atoms with Gasteiger partial charge >= 0.3 is 0 Å². The fourth-order valence-corrected chi connectivity index (χ4v) is 1.67. The molecule has 1 heteroatoms. The highest BCUT2D eigenvalue weighted by Crippen LogP contribution is 2.27. The summed E-state index contributed by atoms with van der Waals surface area (Å²) in [6, 6.07) is 1.86. The van der Waals surface area contributed by atoms with Gasteiger partial charge in [-0.25, -0.2) is 0 Å². The van der Waals surface area contributed by atoms with E-state index in [1.165, 1.54) is 25.7 Å². The first-order valence-corrected chi connectivity index (χ1v) is 3.21. The highest BCUT2D eigenvalue weighted by atomic mass is 15.0. The van der Waals surface area contributed by atoms with Crippen molar-refractivity contribution < 1.29 is 0 Å². The minimum atomic E-state index is 0.929. The van der Waals surface area contributed by atoms with Gasteiger partial charge in [-0.3, -0.25) is 0 Å². The molecule has 0 aromatic heterocycles. The molecule has 0 amide bonds. The molecular weight excluding hydrogens is 86.1 g/mol. The molecule has 1 N–H and O–H groups in total. The SMILES string of the molecule is C1CC2C[C@@H](C1)N2. The number of fused-ring (bicyclic) bond motifs is 2. The summed E-state index contributed by atoms with van der Waals surface area (Å²) in [4.78, 5) is 0. The van der Waals surface area contributed by atoms with Crippen LogP contribution in [0.15, 0.2) is 0 Å². The highest BCUT2D eigenvalue weighted by molar-refractivity contribution is 4.92. The molecule has 0 aromatic carbocycles. The van der Waals surface area contributed by atoms with Crippen LogP contribution in [0.25, 0.3) is 0 Å². The summed E-state index contributed by atoms with van der Waals surface area (Å²) in [7, 11) is 0. The standard InChI is InChI=1S/C6H11N/c1-2-5-4-6(3-1)7-5/h5-7H,1-4H2/t5-,6?/m1/s1. The van der Waals surface area contributed by atoms with Gasteiger partial charge in [0.1, 0.15) is 0 Å². The molecule has 2 saturated heterocycles. The van der Waals surface area contributed by atoms with Crippen molar-refractivity contribution in [2.75, 3.05) is 0 Å². The van der Waals surface area contributed by atoms with Crippen molar-refractivity contribution in [3.8, 4) is 0 Å². The summed E-state index contributed by atoms with van der Waals surface area (Å²) in [6.07, 6.45) is 5.83. The Morgan fingerprint density at radius 3 is 1.86 bits per heavy atom. The Hall–Kier alpha value is -0.0400. The van der Waals surface area contributed by atoms with E-state index in [0.29, 0.717) is 0 Å². The molecule has 3 fully saturated rings. The summed E-state index contributed by atoms with van der Waals surface area (Å²) in [5, 5.41) is 3.48. The van der Waals surface area contributed by atoms with Crippen LogP contribution in [0.5, 0.6) is 0 Å². The molecule has 3 rings (SSSR count). The van der Waals surface area contributed by atoms with Crippen LogP contribution in [0.4, 0.5) is 0 Å². The van der Waals surface area contributed by atoms with Crippen LogP contribution in [0.3, 0.4) is 0 Å².